The molecular formula is C17H21ClN2O3. The highest BCUT2D eigenvalue weighted by Gasteiger charge is 2.15. The summed E-state index contributed by atoms with van der Waals surface area (Å²) in [5, 5.41) is 7.86. The van der Waals surface area contributed by atoms with Gasteiger partial charge in [0.05, 0.1) is 29.0 Å². The Kier molecular flexibility index (Phi) is 5.20. The molecule has 0 aliphatic carbocycles. The number of morpholine rings is 1. The van der Waals surface area contributed by atoms with Crippen LogP contribution in [0.5, 0.6) is 5.75 Å². The van der Waals surface area contributed by atoms with E-state index in [1.165, 1.54) is 0 Å². The second-order valence-corrected chi connectivity index (χ2v) is 6.16. The third kappa shape index (κ3) is 4.05. The third-order valence-corrected chi connectivity index (χ3v) is 4.31. The molecule has 1 N–H and O–H groups in total. The molecule has 6 heteroatoms. The van der Waals surface area contributed by atoms with Crippen molar-refractivity contribution in [3.05, 3.63) is 45.8 Å². The lowest BCUT2D eigenvalue weighted by Crippen LogP contribution is -2.39. The van der Waals surface area contributed by atoms with Gasteiger partial charge in [-0.15, -0.1) is 0 Å². The summed E-state index contributed by atoms with van der Waals surface area (Å²) < 4.78 is 16.7. The van der Waals surface area contributed by atoms with Gasteiger partial charge in [0.15, 0.2) is 0 Å². The van der Waals surface area contributed by atoms with Crippen molar-refractivity contribution >= 4 is 11.6 Å². The lowest BCUT2D eigenvalue weighted by Gasteiger charge is -2.23. The number of hydrogen-bond donors (Lipinski definition) is 1. The molecule has 23 heavy (non-hydrogen) atoms. The van der Waals surface area contributed by atoms with Gasteiger partial charge in [0.25, 0.3) is 0 Å². The fourth-order valence-electron chi connectivity index (χ4n) is 2.66. The van der Waals surface area contributed by atoms with Gasteiger partial charge >= 0.3 is 0 Å². The van der Waals surface area contributed by atoms with Gasteiger partial charge in [-0.1, -0.05) is 22.8 Å². The first kappa shape index (κ1) is 16.3. The molecule has 0 spiro atoms. The van der Waals surface area contributed by atoms with E-state index in [2.05, 4.69) is 10.5 Å². The first-order valence-corrected chi connectivity index (χ1v) is 8.16. The zero-order valence-corrected chi connectivity index (χ0v) is 14.2. The Morgan fingerprint density at radius 1 is 1.39 bits per heavy atom. The van der Waals surface area contributed by atoms with Crippen molar-refractivity contribution < 1.29 is 14.0 Å². The average Bonchev–Trinajstić information content (AvgIpc) is 2.86. The molecule has 1 saturated heterocycles. The Morgan fingerprint density at radius 2 is 2.26 bits per heavy atom. The van der Waals surface area contributed by atoms with Crippen molar-refractivity contribution in [1.82, 2.24) is 10.5 Å². The number of aromatic nitrogens is 1. The van der Waals surface area contributed by atoms with Crippen LogP contribution in [-0.4, -0.2) is 31.0 Å². The SMILES string of the molecule is Cc1noc(C)c1COc1ccc(C[C@@H]2CNCCO2)cc1Cl. The Hall–Kier alpha value is -1.56. The standard InChI is InChI=1S/C17H21ClN2O3/c1-11-15(12(2)23-20-11)10-22-17-4-3-13(8-16(17)18)7-14-9-19-5-6-21-14/h3-4,8,14,19H,5-7,9-10H2,1-2H3/t14-/m1/s1. The maximum Gasteiger partial charge on any atom is 0.140 e. The molecule has 1 atom stereocenters. The van der Waals surface area contributed by atoms with Crippen LogP contribution >= 0.6 is 11.6 Å². The van der Waals surface area contributed by atoms with Gasteiger partial charge in [-0.2, -0.15) is 0 Å². The van der Waals surface area contributed by atoms with E-state index in [1.54, 1.807) is 0 Å². The molecule has 2 aromatic rings. The Labute approximate surface area is 140 Å². The summed E-state index contributed by atoms with van der Waals surface area (Å²) in [6, 6.07) is 5.89. The number of rotatable bonds is 5. The predicted octanol–water partition coefficient (Wildman–Crippen LogP) is 3.05. The highest BCUT2D eigenvalue weighted by atomic mass is 35.5. The fraction of sp³-hybridized carbons (Fsp3) is 0.471. The van der Waals surface area contributed by atoms with Crippen molar-refractivity contribution in [3.8, 4) is 5.75 Å². The van der Waals surface area contributed by atoms with Crippen molar-refractivity contribution in [1.29, 1.82) is 0 Å². The summed E-state index contributed by atoms with van der Waals surface area (Å²) in [5.74, 6) is 1.44. The normalized spacial score (nSPS) is 18.1. The molecule has 1 aliphatic rings. The van der Waals surface area contributed by atoms with Crippen LogP contribution in [0.3, 0.4) is 0 Å². The molecule has 2 heterocycles. The summed E-state index contributed by atoms with van der Waals surface area (Å²) in [4.78, 5) is 0. The smallest absolute Gasteiger partial charge is 0.140 e. The molecule has 0 amide bonds. The number of ether oxygens (including phenoxy) is 2. The minimum Gasteiger partial charge on any atom is -0.487 e. The summed E-state index contributed by atoms with van der Waals surface area (Å²) in [5.41, 5.74) is 2.96. The van der Waals surface area contributed by atoms with E-state index in [1.807, 2.05) is 32.0 Å². The minimum absolute atomic E-state index is 0.203. The number of benzene rings is 1. The van der Waals surface area contributed by atoms with E-state index in [0.29, 0.717) is 17.4 Å². The van der Waals surface area contributed by atoms with Crippen LogP contribution in [-0.2, 0) is 17.8 Å². The van der Waals surface area contributed by atoms with Crippen molar-refractivity contribution in [3.63, 3.8) is 0 Å². The van der Waals surface area contributed by atoms with Crippen LogP contribution in [0.2, 0.25) is 5.02 Å². The van der Waals surface area contributed by atoms with E-state index in [0.717, 1.165) is 48.7 Å². The third-order valence-electron chi connectivity index (χ3n) is 4.02. The molecule has 1 aromatic carbocycles. The number of aryl methyl sites for hydroxylation is 2. The maximum absolute atomic E-state index is 6.35. The van der Waals surface area contributed by atoms with E-state index < -0.39 is 0 Å². The second kappa shape index (κ2) is 7.34. The van der Waals surface area contributed by atoms with Crippen LogP contribution in [0, 0.1) is 13.8 Å². The monoisotopic (exact) mass is 336 g/mol. The molecule has 1 aromatic heterocycles. The summed E-state index contributed by atoms with van der Waals surface area (Å²) in [6.07, 6.45) is 1.05. The van der Waals surface area contributed by atoms with E-state index in [-0.39, 0.29) is 6.10 Å². The van der Waals surface area contributed by atoms with E-state index >= 15 is 0 Å². The maximum atomic E-state index is 6.35. The second-order valence-electron chi connectivity index (χ2n) is 5.76. The zero-order valence-electron chi connectivity index (χ0n) is 13.4. The molecule has 0 saturated carbocycles. The number of nitrogens with zero attached hydrogens (tertiary/aromatic N) is 1. The lowest BCUT2D eigenvalue weighted by atomic mass is 10.1. The van der Waals surface area contributed by atoms with Crippen molar-refractivity contribution in [2.45, 2.75) is 33.0 Å². The quantitative estimate of drug-likeness (QED) is 0.909. The molecule has 5 nitrogen and oxygen atoms in total. The first-order chi connectivity index (χ1) is 11.1. The predicted molar refractivity (Wildman–Crippen MR) is 88.1 cm³/mol. The van der Waals surface area contributed by atoms with Crippen LogP contribution < -0.4 is 10.1 Å². The molecular weight excluding hydrogens is 316 g/mol. The van der Waals surface area contributed by atoms with Crippen LogP contribution in [0.1, 0.15) is 22.6 Å². The molecule has 3 rings (SSSR count). The van der Waals surface area contributed by atoms with Crippen molar-refractivity contribution in [2.24, 2.45) is 0 Å². The Balaban J connectivity index is 1.62. The fourth-order valence-corrected chi connectivity index (χ4v) is 2.92. The van der Waals surface area contributed by atoms with Crippen LogP contribution in [0.15, 0.2) is 22.7 Å². The van der Waals surface area contributed by atoms with Gasteiger partial charge in [-0.25, -0.2) is 0 Å². The van der Waals surface area contributed by atoms with Gasteiger partial charge < -0.3 is 19.3 Å². The highest BCUT2D eigenvalue weighted by molar-refractivity contribution is 6.32. The molecule has 0 bridgehead atoms. The van der Waals surface area contributed by atoms with Crippen molar-refractivity contribution in [2.75, 3.05) is 19.7 Å². The molecule has 0 radical (unpaired) electrons. The minimum atomic E-state index is 0.203. The largest absolute Gasteiger partial charge is 0.487 e. The Bertz CT molecular complexity index is 646. The van der Waals surface area contributed by atoms with E-state index in [9.17, 15) is 0 Å². The highest BCUT2D eigenvalue weighted by Crippen LogP contribution is 2.28. The summed E-state index contributed by atoms with van der Waals surface area (Å²) >= 11 is 6.35. The summed E-state index contributed by atoms with van der Waals surface area (Å²) in [7, 11) is 0. The lowest BCUT2D eigenvalue weighted by molar-refractivity contribution is 0.0292. The first-order valence-electron chi connectivity index (χ1n) is 7.79. The molecule has 124 valence electrons. The number of halogens is 1. The zero-order chi connectivity index (χ0) is 16.2. The van der Waals surface area contributed by atoms with Gasteiger partial charge in [0, 0.05) is 13.1 Å². The van der Waals surface area contributed by atoms with Gasteiger partial charge in [0.1, 0.15) is 18.1 Å². The molecule has 0 unspecified atom stereocenters. The number of nitrogens with one attached hydrogen (secondary N) is 1. The van der Waals surface area contributed by atoms with Gasteiger partial charge in [0.2, 0.25) is 0 Å². The summed E-state index contributed by atoms with van der Waals surface area (Å²) in [6.45, 7) is 6.74. The van der Waals surface area contributed by atoms with Gasteiger partial charge in [-0.3, -0.25) is 0 Å². The van der Waals surface area contributed by atoms with Crippen LogP contribution in [0.4, 0.5) is 0 Å². The molecule has 1 aliphatic heterocycles. The van der Waals surface area contributed by atoms with Crippen LogP contribution in [0.25, 0.3) is 0 Å². The Morgan fingerprint density at radius 3 is 2.91 bits per heavy atom. The topological polar surface area (TPSA) is 56.5 Å². The van der Waals surface area contributed by atoms with Gasteiger partial charge in [-0.05, 0) is 38.0 Å². The number of hydrogen-bond acceptors (Lipinski definition) is 5. The molecule has 1 fully saturated rings. The van der Waals surface area contributed by atoms with E-state index in [4.69, 9.17) is 25.6 Å². The average molecular weight is 337 g/mol.